The van der Waals surface area contributed by atoms with Gasteiger partial charge in [-0.25, -0.2) is 9.97 Å². The Morgan fingerprint density at radius 3 is 2.95 bits per heavy atom. The van der Waals surface area contributed by atoms with Crippen LogP contribution in [0, 0.1) is 6.92 Å². The van der Waals surface area contributed by atoms with Crippen molar-refractivity contribution in [2.45, 2.75) is 64.2 Å². The molecule has 3 unspecified atom stereocenters. The third kappa shape index (κ3) is 2.79. The molecule has 0 aliphatic carbocycles. The van der Waals surface area contributed by atoms with Gasteiger partial charge in [0, 0.05) is 18.2 Å². The molecule has 3 rings (SSSR count). The van der Waals surface area contributed by atoms with Crippen molar-refractivity contribution >= 4 is 0 Å². The summed E-state index contributed by atoms with van der Waals surface area (Å²) in [6.07, 6.45) is 5.48. The Kier molecular flexibility index (Phi) is 3.80. The molecule has 0 amide bonds. The number of aryl methyl sites for hydroxylation is 1. The van der Waals surface area contributed by atoms with Gasteiger partial charge in [0.2, 0.25) is 0 Å². The van der Waals surface area contributed by atoms with Crippen LogP contribution in [0.3, 0.4) is 0 Å². The second-order valence-electron chi connectivity index (χ2n) is 5.75. The highest BCUT2D eigenvalue weighted by Crippen LogP contribution is 2.43. The number of hydrogen-bond acceptors (Lipinski definition) is 4. The second-order valence-corrected chi connectivity index (χ2v) is 5.75. The van der Waals surface area contributed by atoms with E-state index >= 15 is 0 Å². The van der Waals surface area contributed by atoms with Crippen molar-refractivity contribution in [3.63, 3.8) is 0 Å². The normalized spacial score (nSPS) is 29.1. The lowest BCUT2D eigenvalue weighted by atomic mass is 9.88. The van der Waals surface area contributed by atoms with Crippen LogP contribution in [0.2, 0.25) is 0 Å². The van der Waals surface area contributed by atoms with Crippen LogP contribution in [-0.4, -0.2) is 28.7 Å². The van der Waals surface area contributed by atoms with Crippen molar-refractivity contribution in [2.24, 2.45) is 0 Å². The monoisotopic (exact) mass is 261 g/mol. The van der Waals surface area contributed by atoms with Crippen molar-refractivity contribution in [2.75, 3.05) is 6.54 Å². The lowest BCUT2D eigenvalue weighted by Crippen LogP contribution is -2.20. The molecule has 19 heavy (non-hydrogen) atoms. The standard InChI is InChI=1S/C15H23N3O/c1-3-6-16-9-11-7-10(2)17-15(18-11)13-8-12-4-5-14(13)19-12/h7,12-14,16H,3-6,8-9H2,1-2H3. The molecule has 0 aromatic carbocycles. The van der Waals surface area contributed by atoms with Gasteiger partial charge in [-0.2, -0.15) is 0 Å². The molecule has 104 valence electrons. The Balaban J connectivity index is 1.74. The Hall–Kier alpha value is -1.00. The van der Waals surface area contributed by atoms with Crippen LogP contribution in [0.25, 0.3) is 0 Å². The summed E-state index contributed by atoms with van der Waals surface area (Å²) in [6.45, 7) is 6.11. The molecule has 2 aliphatic heterocycles. The topological polar surface area (TPSA) is 47.0 Å². The molecule has 4 nitrogen and oxygen atoms in total. The van der Waals surface area contributed by atoms with Gasteiger partial charge in [-0.1, -0.05) is 6.92 Å². The molecule has 1 aromatic rings. The van der Waals surface area contributed by atoms with Crippen LogP contribution in [0.15, 0.2) is 6.07 Å². The van der Waals surface area contributed by atoms with Crippen LogP contribution < -0.4 is 5.32 Å². The summed E-state index contributed by atoms with van der Waals surface area (Å²) >= 11 is 0. The number of rotatable bonds is 5. The summed E-state index contributed by atoms with van der Waals surface area (Å²) < 4.78 is 5.92. The van der Waals surface area contributed by atoms with Gasteiger partial charge in [0.1, 0.15) is 5.82 Å². The number of fused-ring (bicyclic) bond motifs is 2. The van der Waals surface area contributed by atoms with Gasteiger partial charge in [-0.15, -0.1) is 0 Å². The van der Waals surface area contributed by atoms with E-state index in [1.807, 2.05) is 0 Å². The maximum Gasteiger partial charge on any atom is 0.134 e. The molecule has 0 radical (unpaired) electrons. The largest absolute Gasteiger partial charge is 0.374 e. The minimum Gasteiger partial charge on any atom is -0.374 e. The van der Waals surface area contributed by atoms with Gasteiger partial charge < -0.3 is 10.1 Å². The minimum absolute atomic E-state index is 0.364. The van der Waals surface area contributed by atoms with E-state index < -0.39 is 0 Å². The first-order chi connectivity index (χ1) is 9.26. The molecule has 2 aliphatic rings. The molecule has 0 saturated carbocycles. The van der Waals surface area contributed by atoms with E-state index in [0.717, 1.165) is 43.1 Å². The molecule has 2 bridgehead atoms. The highest BCUT2D eigenvalue weighted by molar-refractivity contribution is 5.15. The Morgan fingerprint density at radius 2 is 2.26 bits per heavy atom. The number of hydrogen-bond donors (Lipinski definition) is 1. The Labute approximate surface area is 115 Å². The Morgan fingerprint density at radius 1 is 1.37 bits per heavy atom. The van der Waals surface area contributed by atoms with E-state index in [9.17, 15) is 0 Å². The zero-order chi connectivity index (χ0) is 13.2. The van der Waals surface area contributed by atoms with Crippen molar-refractivity contribution in [1.29, 1.82) is 0 Å². The van der Waals surface area contributed by atoms with E-state index in [1.165, 1.54) is 12.8 Å². The lowest BCUT2D eigenvalue weighted by molar-refractivity contribution is 0.0998. The smallest absolute Gasteiger partial charge is 0.134 e. The molecule has 1 aromatic heterocycles. The molecular formula is C15H23N3O. The van der Waals surface area contributed by atoms with Gasteiger partial charge in [-0.05, 0) is 45.2 Å². The van der Waals surface area contributed by atoms with Crippen LogP contribution in [0.1, 0.15) is 55.7 Å². The first-order valence-corrected chi connectivity index (χ1v) is 7.47. The third-order valence-electron chi connectivity index (χ3n) is 4.10. The fourth-order valence-corrected chi connectivity index (χ4v) is 3.22. The average Bonchev–Trinajstić information content (AvgIpc) is 3.00. The summed E-state index contributed by atoms with van der Waals surface area (Å²) in [6, 6.07) is 2.08. The van der Waals surface area contributed by atoms with Crippen LogP contribution in [0.5, 0.6) is 0 Å². The molecule has 3 heterocycles. The number of aromatic nitrogens is 2. The van der Waals surface area contributed by atoms with Crippen LogP contribution in [-0.2, 0) is 11.3 Å². The number of nitrogens with one attached hydrogen (secondary N) is 1. The van der Waals surface area contributed by atoms with Crippen molar-refractivity contribution in [1.82, 2.24) is 15.3 Å². The molecule has 2 saturated heterocycles. The van der Waals surface area contributed by atoms with Crippen molar-refractivity contribution in [3.05, 3.63) is 23.3 Å². The Bertz CT molecular complexity index is 449. The lowest BCUT2D eigenvalue weighted by Gasteiger charge is -2.18. The average molecular weight is 261 g/mol. The zero-order valence-corrected chi connectivity index (χ0v) is 11.9. The maximum atomic E-state index is 5.92. The van der Waals surface area contributed by atoms with Crippen LogP contribution in [0.4, 0.5) is 0 Å². The summed E-state index contributed by atoms with van der Waals surface area (Å²) in [7, 11) is 0. The zero-order valence-electron chi connectivity index (χ0n) is 11.9. The highest BCUT2D eigenvalue weighted by Gasteiger charge is 2.42. The predicted molar refractivity (Wildman–Crippen MR) is 74.0 cm³/mol. The molecular weight excluding hydrogens is 238 g/mol. The van der Waals surface area contributed by atoms with Crippen molar-refractivity contribution in [3.8, 4) is 0 Å². The third-order valence-corrected chi connectivity index (χ3v) is 4.10. The first-order valence-electron chi connectivity index (χ1n) is 7.47. The number of nitrogens with zero attached hydrogens (tertiary/aromatic N) is 2. The van der Waals surface area contributed by atoms with E-state index in [-0.39, 0.29) is 0 Å². The van der Waals surface area contributed by atoms with Gasteiger partial charge in [0.05, 0.1) is 17.9 Å². The summed E-state index contributed by atoms with van der Waals surface area (Å²) in [5, 5.41) is 3.41. The van der Waals surface area contributed by atoms with Gasteiger partial charge >= 0.3 is 0 Å². The quantitative estimate of drug-likeness (QED) is 0.826. The molecule has 2 fully saturated rings. The summed E-state index contributed by atoms with van der Waals surface area (Å²) in [5.74, 6) is 1.42. The van der Waals surface area contributed by atoms with E-state index in [4.69, 9.17) is 9.72 Å². The molecule has 4 heteroatoms. The molecule has 0 spiro atoms. The van der Waals surface area contributed by atoms with Gasteiger partial charge in [-0.3, -0.25) is 0 Å². The van der Waals surface area contributed by atoms with E-state index in [2.05, 4.69) is 30.2 Å². The minimum atomic E-state index is 0.364. The van der Waals surface area contributed by atoms with E-state index in [0.29, 0.717) is 18.1 Å². The first kappa shape index (κ1) is 13.0. The van der Waals surface area contributed by atoms with Crippen LogP contribution >= 0.6 is 0 Å². The predicted octanol–water partition coefficient (Wildman–Crippen LogP) is 2.32. The molecule has 1 N–H and O–H groups in total. The highest BCUT2D eigenvalue weighted by atomic mass is 16.5. The fourth-order valence-electron chi connectivity index (χ4n) is 3.22. The summed E-state index contributed by atoms with van der Waals surface area (Å²) in [4.78, 5) is 9.40. The fraction of sp³-hybridized carbons (Fsp3) is 0.733. The second kappa shape index (κ2) is 5.55. The molecule has 3 atom stereocenters. The van der Waals surface area contributed by atoms with Crippen molar-refractivity contribution < 1.29 is 4.74 Å². The van der Waals surface area contributed by atoms with Gasteiger partial charge in [0.25, 0.3) is 0 Å². The SMILES string of the molecule is CCCNCc1cc(C)nc(C2CC3CCC2O3)n1. The number of ether oxygens (including phenoxy) is 1. The van der Waals surface area contributed by atoms with Gasteiger partial charge in [0.15, 0.2) is 0 Å². The maximum absolute atomic E-state index is 5.92. The summed E-state index contributed by atoms with van der Waals surface area (Å²) in [5.41, 5.74) is 2.18. The van der Waals surface area contributed by atoms with E-state index in [1.54, 1.807) is 0 Å².